The van der Waals surface area contributed by atoms with E-state index in [2.05, 4.69) is 37.8 Å². The molecule has 0 saturated heterocycles. The summed E-state index contributed by atoms with van der Waals surface area (Å²) in [4.78, 5) is 29.0. The van der Waals surface area contributed by atoms with Crippen molar-refractivity contribution >= 4 is 23.0 Å². The number of esters is 1. The number of ketones is 1. The Morgan fingerprint density at radius 3 is 2.33 bits per heavy atom. The van der Waals surface area contributed by atoms with Gasteiger partial charge in [-0.15, -0.1) is 0 Å². The van der Waals surface area contributed by atoms with Crippen molar-refractivity contribution in [3.05, 3.63) is 106 Å². The maximum Gasteiger partial charge on any atom is 0.338 e. The fourth-order valence-corrected chi connectivity index (χ4v) is 5.57. The van der Waals surface area contributed by atoms with Crippen LogP contribution in [0.15, 0.2) is 66.9 Å². The van der Waals surface area contributed by atoms with Gasteiger partial charge in [-0.1, -0.05) is 81.1 Å². The average molecular weight is 524 g/mol. The third-order valence-electron chi connectivity index (χ3n) is 7.76. The lowest BCUT2D eigenvalue weighted by Crippen LogP contribution is -2.17. The number of carbonyl (C=O) groups excluding carboxylic acids is 2. The molecule has 204 valence electrons. The summed E-state index contributed by atoms with van der Waals surface area (Å²) in [6.07, 6.45) is 7.22. The molecule has 4 rings (SSSR count). The van der Waals surface area contributed by atoms with Gasteiger partial charge in [0.2, 0.25) is 0 Å². The van der Waals surface area contributed by atoms with Crippen molar-refractivity contribution in [2.24, 2.45) is 5.92 Å². The molecular weight excluding hydrogens is 482 g/mol. The highest BCUT2D eigenvalue weighted by molar-refractivity contribution is 6.30. The fourth-order valence-electron chi connectivity index (χ4n) is 5.57. The minimum absolute atomic E-state index is 0.0263. The number of rotatable bonds is 11. The van der Waals surface area contributed by atoms with Gasteiger partial charge in [0.25, 0.3) is 0 Å². The smallest absolute Gasteiger partial charge is 0.338 e. The van der Waals surface area contributed by atoms with Crippen LogP contribution < -0.4 is 4.90 Å². The van der Waals surface area contributed by atoms with E-state index in [1.54, 1.807) is 0 Å². The van der Waals surface area contributed by atoms with Gasteiger partial charge < -0.3 is 9.64 Å². The number of aryl methyl sites for hydroxylation is 3. The summed E-state index contributed by atoms with van der Waals surface area (Å²) in [5, 5.41) is 0. The lowest BCUT2D eigenvalue weighted by molar-refractivity contribution is 0.0428. The zero-order valence-corrected chi connectivity index (χ0v) is 24.0. The maximum absolute atomic E-state index is 14.0. The molecule has 1 aliphatic heterocycles. The SMILES string of the molecule is CCCCC(CC)COC(=O)c1ccc2c(c1)CCN2/C=C(/C(=O)c1c(C)cc(C)cc1C)c1ccccc1. The van der Waals surface area contributed by atoms with Crippen molar-refractivity contribution in [2.45, 2.75) is 66.7 Å². The second kappa shape index (κ2) is 12.9. The number of Topliss-reactive ketones (excluding diaryl/α,β-unsaturated/α-hetero) is 1. The molecule has 0 aliphatic carbocycles. The molecule has 39 heavy (non-hydrogen) atoms. The van der Waals surface area contributed by atoms with Gasteiger partial charge in [-0.2, -0.15) is 0 Å². The Morgan fingerprint density at radius 2 is 1.67 bits per heavy atom. The highest BCUT2D eigenvalue weighted by atomic mass is 16.5. The Morgan fingerprint density at radius 1 is 0.949 bits per heavy atom. The van der Waals surface area contributed by atoms with E-state index in [9.17, 15) is 9.59 Å². The largest absolute Gasteiger partial charge is 0.462 e. The monoisotopic (exact) mass is 523 g/mol. The highest BCUT2D eigenvalue weighted by Gasteiger charge is 2.24. The molecule has 1 atom stereocenters. The number of unbranched alkanes of at least 4 members (excludes halogenated alkanes) is 1. The predicted octanol–water partition coefficient (Wildman–Crippen LogP) is 8.27. The molecule has 4 heteroatoms. The van der Waals surface area contributed by atoms with Gasteiger partial charge in [0.05, 0.1) is 12.2 Å². The van der Waals surface area contributed by atoms with Crippen LogP contribution in [0, 0.1) is 26.7 Å². The predicted molar refractivity (Wildman–Crippen MR) is 160 cm³/mol. The Balaban J connectivity index is 1.60. The van der Waals surface area contributed by atoms with Gasteiger partial charge in [0.1, 0.15) is 0 Å². The number of hydrogen-bond acceptors (Lipinski definition) is 4. The Labute approximate surface area is 233 Å². The van der Waals surface area contributed by atoms with Gasteiger partial charge >= 0.3 is 5.97 Å². The molecular formula is C35H41NO3. The van der Waals surface area contributed by atoms with E-state index in [0.717, 1.165) is 77.7 Å². The van der Waals surface area contributed by atoms with E-state index in [-0.39, 0.29) is 11.8 Å². The summed E-state index contributed by atoms with van der Waals surface area (Å²) < 4.78 is 5.69. The number of fused-ring (bicyclic) bond motifs is 1. The Bertz CT molecular complexity index is 1330. The molecule has 3 aromatic carbocycles. The lowest BCUT2D eigenvalue weighted by atomic mass is 9.90. The molecule has 4 nitrogen and oxygen atoms in total. The van der Waals surface area contributed by atoms with Crippen LogP contribution >= 0.6 is 0 Å². The molecule has 3 aromatic rings. The molecule has 0 amide bonds. The van der Waals surface area contributed by atoms with Gasteiger partial charge in [0.15, 0.2) is 5.78 Å². The molecule has 0 spiro atoms. The van der Waals surface area contributed by atoms with E-state index in [1.165, 1.54) is 0 Å². The summed E-state index contributed by atoms with van der Waals surface area (Å²) >= 11 is 0. The van der Waals surface area contributed by atoms with Crippen LogP contribution in [0.3, 0.4) is 0 Å². The molecule has 0 radical (unpaired) electrons. The lowest BCUT2D eigenvalue weighted by Gasteiger charge is -2.19. The van der Waals surface area contributed by atoms with E-state index in [1.807, 2.05) is 68.6 Å². The van der Waals surface area contributed by atoms with E-state index in [0.29, 0.717) is 23.7 Å². The standard InChI is InChI=1S/C35H41NO3/c1-6-8-12-27(7-2)23-39-35(38)30-15-16-32-29(21-30)17-18-36(32)22-31(28-13-10-9-11-14-28)34(37)33-25(4)19-24(3)20-26(33)5/h9-11,13-16,19-22,27H,6-8,12,17-18,23H2,1-5H3/b31-22+. The van der Waals surface area contributed by atoms with Crippen molar-refractivity contribution in [2.75, 3.05) is 18.1 Å². The Kier molecular flexibility index (Phi) is 9.40. The number of nitrogens with zero attached hydrogens (tertiary/aromatic N) is 1. The zero-order valence-electron chi connectivity index (χ0n) is 24.0. The van der Waals surface area contributed by atoms with Crippen LogP contribution in [0.1, 0.15) is 88.1 Å². The summed E-state index contributed by atoms with van der Waals surface area (Å²) in [5.41, 5.74) is 8.17. The molecule has 1 unspecified atom stereocenters. The van der Waals surface area contributed by atoms with Crippen LogP contribution in [0.5, 0.6) is 0 Å². The van der Waals surface area contributed by atoms with Crippen molar-refractivity contribution < 1.29 is 14.3 Å². The number of hydrogen-bond donors (Lipinski definition) is 0. The van der Waals surface area contributed by atoms with Gasteiger partial charge in [-0.05, 0) is 80.0 Å². The quantitative estimate of drug-likeness (QED) is 0.144. The van der Waals surface area contributed by atoms with Crippen molar-refractivity contribution in [1.29, 1.82) is 0 Å². The van der Waals surface area contributed by atoms with Crippen LogP contribution in [0.4, 0.5) is 5.69 Å². The van der Waals surface area contributed by atoms with E-state index in [4.69, 9.17) is 4.74 Å². The first-order valence-corrected chi connectivity index (χ1v) is 14.3. The molecule has 0 N–H and O–H groups in total. The summed E-state index contributed by atoms with van der Waals surface area (Å²) in [6.45, 7) is 11.6. The zero-order chi connectivity index (χ0) is 27.9. The minimum atomic E-state index is -0.257. The Hall–Kier alpha value is -3.66. The molecule has 0 aromatic heterocycles. The molecule has 1 aliphatic rings. The minimum Gasteiger partial charge on any atom is -0.462 e. The number of ether oxygens (including phenoxy) is 1. The second-order valence-electron chi connectivity index (χ2n) is 10.8. The number of allylic oxidation sites excluding steroid dienone is 1. The second-order valence-corrected chi connectivity index (χ2v) is 10.8. The van der Waals surface area contributed by atoms with Crippen molar-refractivity contribution in [3.8, 4) is 0 Å². The molecule has 0 saturated carbocycles. The van der Waals surface area contributed by atoms with Crippen LogP contribution in [-0.2, 0) is 11.2 Å². The third-order valence-corrected chi connectivity index (χ3v) is 7.76. The van der Waals surface area contributed by atoms with Crippen molar-refractivity contribution in [3.63, 3.8) is 0 Å². The number of anilines is 1. The summed E-state index contributed by atoms with van der Waals surface area (Å²) in [5.74, 6) is 0.185. The van der Waals surface area contributed by atoms with E-state index >= 15 is 0 Å². The summed E-state index contributed by atoms with van der Waals surface area (Å²) in [6, 6.07) is 19.8. The van der Waals surface area contributed by atoms with Crippen LogP contribution in [0.2, 0.25) is 0 Å². The average Bonchev–Trinajstić information content (AvgIpc) is 3.33. The first kappa shape index (κ1) is 28.4. The van der Waals surface area contributed by atoms with Crippen LogP contribution in [0.25, 0.3) is 5.57 Å². The molecule has 1 heterocycles. The van der Waals surface area contributed by atoms with Crippen LogP contribution in [-0.4, -0.2) is 24.9 Å². The maximum atomic E-state index is 14.0. The fraction of sp³-hybridized carbons (Fsp3) is 0.371. The van der Waals surface area contributed by atoms with E-state index < -0.39 is 0 Å². The van der Waals surface area contributed by atoms with Gasteiger partial charge in [-0.3, -0.25) is 4.79 Å². The third kappa shape index (κ3) is 6.68. The topological polar surface area (TPSA) is 46.6 Å². The first-order chi connectivity index (χ1) is 18.8. The van der Waals surface area contributed by atoms with Gasteiger partial charge in [0, 0.05) is 29.6 Å². The highest BCUT2D eigenvalue weighted by Crippen LogP contribution is 2.33. The summed E-state index contributed by atoms with van der Waals surface area (Å²) in [7, 11) is 0. The van der Waals surface area contributed by atoms with Crippen molar-refractivity contribution in [1.82, 2.24) is 0 Å². The van der Waals surface area contributed by atoms with Gasteiger partial charge in [-0.25, -0.2) is 4.79 Å². The molecule has 0 bridgehead atoms. The molecule has 0 fully saturated rings. The first-order valence-electron chi connectivity index (χ1n) is 14.3. The number of benzene rings is 3. The number of carbonyl (C=O) groups is 2. The normalized spacial score (nSPS) is 13.8.